The zero-order valence-corrected chi connectivity index (χ0v) is 18.3. The number of nitrogens with zero attached hydrogens (tertiary/aromatic N) is 1. The highest BCUT2D eigenvalue weighted by Crippen LogP contribution is 2.38. The van der Waals surface area contributed by atoms with Crippen LogP contribution in [-0.2, 0) is 0 Å². The largest absolute Gasteiger partial charge is 0.494 e. The summed E-state index contributed by atoms with van der Waals surface area (Å²) in [7, 11) is 0. The lowest BCUT2D eigenvalue weighted by molar-refractivity contribution is -0.895. The van der Waals surface area contributed by atoms with Gasteiger partial charge in [-0.05, 0) is 50.6 Å². The van der Waals surface area contributed by atoms with Crippen molar-refractivity contribution >= 4 is 16.9 Å². The molecule has 2 heterocycles. The Hall–Kier alpha value is -3.12. The third-order valence-corrected chi connectivity index (χ3v) is 6.06. The lowest BCUT2D eigenvalue weighted by Crippen LogP contribution is -3.12. The number of carbonyl (C=O) groups is 1. The number of ether oxygens (including phenoxy) is 1. The van der Waals surface area contributed by atoms with Gasteiger partial charge in [0.15, 0.2) is 5.43 Å². The Labute approximate surface area is 182 Å². The first-order valence-corrected chi connectivity index (χ1v) is 11.0. The van der Waals surface area contributed by atoms with Crippen LogP contribution >= 0.6 is 0 Å². The highest BCUT2D eigenvalue weighted by molar-refractivity contribution is 5.99. The molecule has 1 aliphatic heterocycles. The van der Waals surface area contributed by atoms with Crippen LogP contribution in [0.2, 0.25) is 0 Å². The number of rotatable bonds is 8. The van der Waals surface area contributed by atoms with Gasteiger partial charge >= 0.3 is 0 Å². The highest BCUT2D eigenvalue weighted by atomic mass is 16.5. The van der Waals surface area contributed by atoms with Crippen LogP contribution in [-0.4, -0.2) is 43.6 Å². The second-order valence-corrected chi connectivity index (χ2v) is 7.78. The second kappa shape index (κ2) is 8.94. The van der Waals surface area contributed by atoms with E-state index in [4.69, 9.17) is 9.15 Å². The topological polar surface area (TPSA) is 64.2 Å². The van der Waals surface area contributed by atoms with E-state index in [9.17, 15) is 9.59 Å². The summed E-state index contributed by atoms with van der Waals surface area (Å²) in [6.07, 6.45) is 0. The van der Waals surface area contributed by atoms with E-state index < -0.39 is 6.04 Å². The molecule has 0 aliphatic carbocycles. The maximum absolute atomic E-state index is 13.5. The number of likely N-dealkylation sites (N-methyl/N-ethyl adjacent to an activating group) is 1. The van der Waals surface area contributed by atoms with Gasteiger partial charge in [0.05, 0.1) is 49.8 Å². The Morgan fingerprint density at radius 2 is 1.81 bits per heavy atom. The number of amides is 1. The smallest absolute Gasteiger partial charge is 0.291 e. The van der Waals surface area contributed by atoms with Crippen LogP contribution in [0.5, 0.6) is 5.75 Å². The summed E-state index contributed by atoms with van der Waals surface area (Å²) >= 11 is 0. The number of carbonyl (C=O) groups excluding carboxylic acids is 1. The lowest BCUT2D eigenvalue weighted by atomic mass is 9.98. The molecule has 1 aromatic heterocycles. The van der Waals surface area contributed by atoms with Crippen molar-refractivity contribution in [2.24, 2.45) is 0 Å². The van der Waals surface area contributed by atoms with Crippen LogP contribution in [0, 0.1) is 0 Å². The van der Waals surface area contributed by atoms with Crippen molar-refractivity contribution in [1.29, 1.82) is 0 Å². The van der Waals surface area contributed by atoms with Gasteiger partial charge in [-0.1, -0.05) is 24.3 Å². The van der Waals surface area contributed by atoms with Crippen molar-refractivity contribution in [1.82, 2.24) is 4.90 Å². The first-order chi connectivity index (χ1) is 15.1. The molecule has 3 aromatic rings. The molecule has 2 aromatic carbocycles. The molecule has 6 heteroatoms. The molecule has 0 saturated heterocycles. The quantitative estimate of drug-likeness (QED) is 0.607. The van der Waals surface area contributed by atoms with Crippen LogP contribution in [0.1, 0.15) is 48.5 Å². The third kappa shape index (κ3) is 3.83. The summed E-state index contributed by atoms with van der Waals surface area (Å²) in [5.41, 5.74) is 1.58. The Balaban J connectivity index is 1.85. The number of nitrogens with one attached hydrogen (secondary N) is 1. The highest BCUT2D eigenvalue weighted by Gasteiger charge is 2.43. The number of benzene rings is 2. The summed E-state index contributed by atoms with van der Waals surface area (Å²) in [5, 5.41) is 0.497. The van der Waals surface area contributed by atoms with Gasteiger partial charge in [-0.2, -0.15) is 0 Å². The Morgan fingerprint density at radius 1 is 1.03 bits per heavy atom. The first-order valence-electron chi connectivity index (χ1n) is 11.0. The third-order valence-electron chi connectivity index (χ3n) is 6.06. The molecular weight excluding hydrogens is 392 g/mol. The van der Waals surface area contributed by atoms with Gasteiger partial charge in [0.2, 0.25) is 5.76 Å². The van der Waals surface area contributed by atoms with Gasteiger partial charge in [0.1, 0.15) is 11.3 Å². The van der Waals surface area contributed by atoms with E-state index in [0.29, 0.717) is 29.7 Å². The molecule has 6 nitrogen and oxygen atoms in total. The molecule has 0 spiro atoms. The predicted molar refractivity (Wildman–Crippen MR) is 120 cm³/mol. The Morgan fingerprint density at radius 3 is 2.55 bits per heavy atom. The van der Waals surface area contributed by atoms with Crippen LogP contribution < -0.4 is 15.1 Å². The van der Waals surface area contributed by atoms with Crippen molar-refractivity contribution in [2.75, 3.05) is 32.8 Å². The molecule has 0 saturated carbocycles. The van der Waals surface area contributed by atoms with Crippen LogP contribution in [0.15, 0.2) is 57.7 Å². The minimum atomic E-state index is -0.487. The summed E-state index contributed by atoms with van der Waals surface area (Å²) < 4.78 is 11.7. The molecule has 1 N–H and O–H groups in total. The van der Waals surface area contributed by atoms with Crippen molar-refractivity contribution in [2.45, 2.75) is 26.8 Å². The summed E-state index contributed by atoms with van der Waals surface area (Å²) in [4.78, 5) is 30.1. The Kier molecular flexibility index (Phi) is 6.09. The standard InChI is InChI=1S/C25H28N2O4/c1-4-26(5-2)14-15-27-22(17-10-9-11-18(16-17)30-6-3)21-23(28)19-12-7-8-13-20(19)31-24(21)25(27)29/h7-13,16,22H,4-6,14-15H2,1-3H3/p+1/t22-/m0/s1. The SMILES string of the molecule is CCOc1cccc([C@H]2c3c(oc4ccccc4c3=O)C(=O)N2CC[NH+](CC)CC)c1. The molecule has 1 aliphatic rings. The van der Waals surface area contributed by atoms with E-state index in [-0.39, 0.29) is 17.1 Å². The molecule has 1 amide bonds. The normalized spacial score (nSPS) is 15.7. The average molecular weight is 422 g/mol. The number of para-hydroxylation sites is 1. The minimum Gasteiger partial charge on any atom is -0.494 e. The molecular formula is C25H29N2O4+. The van der Waals surface area contributed by atoms with Crippen molar-refractivity contribution < 1.29 is 18.8 Å². The van der Waals surface area contributed by atoms with Gasteiger partial charge in [-0.25, -0.2) is 0 Å². The predicted octanol–water partition coefficient (Wildman–Crippen LogP) is 2.66. The van der Waals surface area contributed by atoms with Gasteiger partial charge in [-0.15, -0.1) is 0 Å². The Bertz CT molecular complexity index is 1150. The molecule has 1 atom stereocenters. The minimum absolute atomic E-state index is 0.144. The van der Waals surface area contributed by atoms with Gasteiger partial charge < -0.3 is 19.0 Å². The van der Waals surface area contributed by atoms with E-state index in [2.05, 4.69) is 13.8 Å². The molecule has 162 valence electrons. The van der Waals surface area contributed by atoms with E-state index in [1.165, 1.54) is 4.90 Å². The maximum atomic E-state index is 13.5. The molecule has 0 bridgehead atoms. The molecule has 4 rings (SSSR count). The van der Waals surface area contributed by atoms with E-state index in [1.807, 2.05) is 43.3 Å². The fourth-order valence-electron chi connectivity index (χ4n) is 4.37. The molecule has 31 heavy (non-hydrogen) atoms. The van der Waals surface area contributed by atoms with E-state index in [1.54, 1.807) is 17.0 Å². The molecule has 0 fully saturated rings. The lowest BCUT2D eigenvalue weighted by Gasteiger charge is -2.27. The van der Waals surface area contributed by atoms with Gasteiger partial charge in [0, 0.05) is 0 Å². The van der Waals surface area contributed by atoms with Crippen LogP contribution in [0.3, 0.4) is 0 Å². The van der Waals surface area contributed by atoms with Crippen LogP contribution in [0.25, 0.3) is 11.0 Å². The summed E-state index contributed by atoms with van der Waals surface area (Å²) in [6.45, 7) is 10.1. The molecule has 0 radical (unpaired) electrons. The van der Waals surface area contributed by atoms with Crippen molar-refractivity contribution in [3.8, 4) is 5.75 Å². The van der Waals surface area contributed by atoms with E-state index >= 15 is 0 Å². The summed E-state index contributed by atoms with van der Waals surface area (Å²) in [6, 6.07) is 14.3. The monoisotopic (exact) mass is 421 g/mol. The maximum Gasteiger partial charge on any atom is 0.291 e. The van der Waals surface area contributed by atoms with Gasteiger partial charge in [-0.3, -0.25) is 9.59 Å². The van der Waals surface area contributed by atoms with E-state index in [0.717, 1.165) is 30.9 Å². The van der Waals surface area contributed by atoms with Crippen LogP contribution in [0.4, 0.5) is 0 Å². The fraction of sp³-hybridized carbons (Fsp3) is 0.360. The number of quaternary nitrogens is 1. The second-order valence-electron chi connectivity index (χ2n) is 7.78. The molecule has 0 unspecified atom stereocenters. The fourth-order valence-corrected chi connectivity index (χ4v) is 4.37. The average Bonchev–Trinajstić information content (AvgIpc) is 3.07. The number of hydrogen-bond donors (Lipinski definition) is 1. The van der Waals surface area contributed by atoms with Crippen molar-refractivity contribution in [3.63, 3.8) is 0 Å². The summed E-state index contributed by atoms with van der Waals surface area (Å²) in [5.74, 6) is 0.654. The van der Waals surface area contributed by atoms with Gasteiger partial charge in [0.25, 0.3) is 5.91 Å². The number of fused-ring (bicyclic) bond motifs is 2. The number of hydrogen-bond acceptors (Lipinski definition) is 4. The van der Waals surface area contributed by atoms with Crippen molar-refractivity contribution in [3.05, 3.63) is 75.6 Å². The first kappa shape index (κ1) is 21.1. The zero-order chi connectivity index (χ0) is 22.0. The zero-order valence-electron chi connectivity index (χ0n) is 18.3.